The van der Waals surface area contributed by atoms with Crippen molar-refractivity contribution in [2.75, 3.05) is 0 Å². The Balaban J connectivity index is 3.06. The lowest BCUT2D eigenvalue weighted by atomic mass is 10.4. The maximum absolute atomic E-state index is 12.2. The van der Waals surface area contributed by atoms with Gasteiger partial charge in [0.15, 0.2) is 0 Å². The molecule has 0 aliphatic heterocycles. The summed E-state index contributed by atoms with van der Waals surface area (Å²) in [5, 5.41) is 3.54. The molecule has 5 nitrogen and oxygen atoms in total. The van der Waals surface area contributed by atoms with Crippen LogP contribution in [0.3, 0.4) is 0 Å². The van der Waals surface area contributed by atoms with Gasteiger partial charge < -0.3 is 4.74 Å². The predicted molar refractivity (Wildman–Crippen MR) is 61.2 cm³/mol. The lowest BCUT2D eigenvalue weighted by Gasteiger charge is -2.06. The fourth-order valence-corrected chi connectivity index (χ4v) is 2.27. The number of hydrogen-bond acceptors (Lipinski definition) is 4. The molecule has 19 heavy (non-hydrogen) atoms. The van der Waals surface area contributed by atoms with Crippen LogP contribution in [0.15, 0.2) is 11.1 Å². The highest BCUT2D eigenvalue weighted by Crippen LogP contribution is 2.23. The summed E-state index contributed by atoms with van der Waals surface area (Å²) in [7, 11) is 0.971. The van der Waals surface area contributed by atoms with E-state index in [0.29, 0.717) is 4.68 Å². The van der Waals surface area contributed by atoms with Gasteiger partial charge in [-0.15, -0.1) is 0 Å². The van der Waals surface area contributed by atoms with Crippen LogP contribution in [0.5, 0.6) is 0 Å². The van der Waals surface area contributed by atoms with Crippen LogP contribution >= 0.6 is 10.7 Å². The number of ether oxygens (including phenoxy) is 1. The highest BCUT2D eigenvalue weighted by Gasteiger charge is 2.30. The second-order valence-corrected chi connectivity index (χ2v) is 6.58. The van der Waals surface area contributed by atoms with Crippen LogP contribution < -0.4 is 0 Å². The summed E-state index contributed by atoms with van der Waals surface area (Å²) in [4.78, 5) is -0.473. The Kier molecular flexibility index (Phi) is 4.86. The minimum absolute atomic E-state index is 0.145. The molecule has 1 rings (SSSR count). The van der Waals surface area contributed by atoms with Gasteiger partial charge >= 0.3 is 6.18 Å². The van der Waals surface area contributed by atoms with Crippen LogP contribution in [-0.2, 0) is 26.9 Å². The first-order valence-electron chi connectivity index (χ1n) is 5.18. The molecule has 10 heteroatoms. The molecule has 0 saturated heterocycles. The van der Waals surface area contributed by atoms with Gasteiger partial charge in [0.25, 0.3) is 9.05 Å². The molecule has 110 valence electrons. The zero-order valence-electron chi connectivity index (χ0n) is 10.1. The van der Waals surface area contributed by atoms with Crippen molar-refractivity contribution in [2.24, 2.45) is 0 Å². The van der Waals surface area contributed by atoms with Gasteiger partial charge in [0, 0.05) is 16.9 Å². The van der Waals surface area contributed by atoms with Crippen molar-refractivity contribution in [3.63, 3.8) is 0 Å². The molecule has 0 bridgehead atoms. The Labute approximate surface area is 112 Å². The van der Waals surface area contributed by atoms with Gasteiger partial charge in [-0.25, -0.2) is 8.42 Å². The van der Waals surface area contributed by atoms with E-state index in [2.05, 4.69) is 5.10 Å². The lowest BCUT2D eigenvalue weighted by Crippen LogP contribution is -2.18. The van der Waals surface area contributed by atoms with E-state index in [0.717, 1.165) is 6.20 Å². The summed E-state index contributed by atoms with van der Waals surface area (Å²) in [5.41, 5.74) is -0.145. The number of hydrogen-bond donors (Lipinski definition) is 0. The third kappa shape index (κ3) is 5.37. The van der Waals surface area contributed by atoms with Gasteiger partial charge in [-0.05, 0) is 13.8 Å². The quantitative estimate of drug-likeness (QED) is 0.781. The van der Waals surface area contributed by atoms with Crippen molar-refractivity contribution in [3.8, 4) is 0 Å². The topological polar surface area (TPSA) is 61.2 Å². The Morgan fingerprint density at radius 3 is 2.47 bits per heavy atom. The summed E-state index contributed by atoms with van der Waals surface area (Å²) in [5.74, 6) is 0. The molecule has 1 aromatic rings. The Bertz CT molecular complexity index is 539. The normalized spacial score (nSPS) is 13.2. The zero-order chi connectivity index (χ0) is 14.8. The van der Waals surface area contributed by atoms with Crippen molar-refractivity contribution in [1.82, 2.24) is 9.78 Å². The van der Waals surface area contributed by atoms with E-state index in [1.54, 1.807) is 13.8 Å². The van der Waals surface area contributed by atoms with Crippen molar-refractivity contribution in [2.45, 2.75) is 44.2 Å². The number of halogens is 4. The monoisotopic (exact) mass is 320 g/mol. The summed E-state index contributed by atoms with van der Waals surface area (Å²) < 4.78 is 64.8. The second-order valence-electron chi connectivity index (χ2n) is 4.05. The van der Waals surface area contributed by atoms with Crippen LogP contribution in [0.2, 0.25) is 0 Å². The van der Waals surface area contributed by atoms with Gasteiger partial charge in [-0.3, -0.25) is 4.68 Å². The van der Waals surface area contributed by atoms with Crippen LogP contribution in [0, 0.1) is 0 Å². The molecular formula is C9H12ClF3N2O3S. The highest BCUT2D eigenvalue weighted by molar-refractivity contribution is 8.13. The Morgan fingerprint density at radius 1 is 1.47 bits per heavy atom. The molecule has 0 amide bonds. The third-order valence-corrected chi connectivity index (χ3v) is 3.32. The number of alkyl halides is 3. The van der Waals surface area contributed by atoms with E-state index in [9.17, 15) is 21.6 Å². The number of aromatic nitrogens is 2. The molecule has 0 fully saturated rings. The Hall–Kier alpha value is -0.800. The first-order chi connectivity index (χ1) is 8.49. The van der Waals surface area contributed by atoms with E-state index in [4.69, 9.17) is 15.4 Å². The first-order valence-corrected chi connectivity index (χ1v) is 7.49. The molecule has 0 radical (unpaired) electrons. The van der Waals surface area contributed by atoms with Crippen LogP contribution in [0.1, 0.15) is 19.5 Å². The van der Waals surface area contributed by atoms with Crippen LogP contribution in [0.4, 0.5) is 13.2 Å². The highest BCUT2D eigenvalue weighted by atomic mass is 35.7. The first kappa shape index (κ1) is 16.3. The van der Waals surface area contributed by atoms with Crippen molar-refractivity contribution in [1.29, 1.82) is 0 Å². The van der Waals surface area contributed by atoms with E-state index in [-0.39, 0.29) is 18.4 Å². The lowest BCUT2D eigenvalue weighted by molar-refractivity contribution is -0.142. The molecule has 0 aliphatic rings. The fourth-order valence-electron chi connectivity index (χ4n) is 1.26. The van der Waals surface area contributed by atoms with Crippen LogP contribution in [0.25, 0.3) is 0 Å². The average Bonchev–Trinajstić information content (AvgIpc) is 2.54. The van der Waals surface area contributed by atoms with Crippen molar-refractivity contribution in [3.05, 3.63) is 11.9 Å². The molecule has 0 atom stereocenters. The van der Waals surface area contributed by atoms with Crippen LogP contribution in [-0.4, -0.2) is 30.5 Å². The van der Waals surface area contributed by atoms with Gasteiger partial charge in [0.2, 0.25) is 0 Å². The molecule has 0 aromatic carbocycles. The minimum Gasteiger partial charge on any atom is -0.372 e. The minimum atomic E-state index is -4.50. The van der Waals surface area contributed by atoms with E-state index >= 15 is 0 Å². The van der Waals surface area contributed by atoms with Gasteiger partial charge in [0.1, 0.15) is 17.1 Å². The summed E-state index contributed by atoms with van der Waals surface area (Å²) in [6.45, 7) is 1.76. The molecule has 0 spiro atoms. The molecule has 0 saturated carbocycles. The summed E-state index contributed by atoms with van der Waals surface area (Å²) in [6, 6.07) is 0. The number of rotatable bonds is 5. The van der Waals surface area contributed by atoms with E-state index in [1.807, 2.05) is 0 Å². The second kappa shape index (κ2) is 5.68. The molecular weight excluding hydrogens is 309 g/mol. The van der Waals surface area contributed by atoms with Crippen molar-refractivity contribution >= 4 is 19.7 Å². The van der Waals surface area contributed by atoms with E-state index in [1.165, 1.54) is 0 Å². The summed E-state index contributed by atoms with van der Waals surface area (Å²) in [6.07, 6.45) is -3.98. The molecule has 0 aliphatic carbocycles. The average molecular weight is 321 g/mol. The number of nitrogens with zero attached hydrogens (tertiary/aromatic N) is 2. The predicted octanol–water partition coefficient (Wildman–Crippen LogP) is 2.30. The largest absolute Gasteiger partial charge is 0.408 e. The zero-order valence-corrected chi connectivity index (χ0v) is 11.7. The SMILES string of the molecule is CC(C)OCc1nn(CC(F)(F)F)cc1S(=O)(=O)Cl. The molecule has 0 unspecified atom stereocenters. The van der Waals surface area contributed by atoms with Gasteiger partial charge in [0.05, 0.1) is 12.7 Å². The molecule has 1 heterocycles. The smallest absolute Gasteiger partial charge is 0.372 e. The fraction of sp³-hybridized carbons (Fsp3) is 0.667. The standard InChI is InChI=1S/C9H12ClF3N2O3S/c1-6(2)18-4-7-8(19(10,16)17)3-15(14-7)5-9(11,12)13/h3,6H,4-5H2,1-2H3. The third-order valence-electron chi connectivity index (χ3n) is 1.96. The van der Waals surface area contributed by atoms with Gasteiger partial charge in [-0.2, -0.15) is 18.3 Å². The Morgan fingerprint density at radius 2 is 2.05 bits per heavy atom. The molecule has 1 aromatic heterocycles. The summed E-state index contributed by atoms with van der Waals surface area (Å²) >= 11 is 0. The maximum Gasteiger partial charge on any atom is 0.408 e. The van der Waals surface area contributed by atoms with Gasteiger partial charge in [-0.1, -0.05) is 0 Å². The maximum atomic E-state index is 12.2. The van der Waals surface area contributed by atoms with E-state index < -0.39 is 26.7 Å². The van der Waals surface area contributed by atoms with Crippen molar-refractivity contribution < 1.29 is 26.3 Å². The molecule has 0 N–H and O–H groups in total.